The van der Waals surface area contributed by atoms with Crippen LogP contribution in [0.25, 0.3) is 5.69 Å². The number of benzene rings is 1. The van der Waals surface area contributed by atoms with Gasteiger partial charge in [0.05, 0.1) is 5.92 Å². The van der Waals surface area contributed by atoms with Crippen LogP contribution in [0.5, 0.6) is 0 Å². The molecule has 1 fully saturated rings. The molecule has 2 aromatic rings. The van der Waals surface area contributed by atoms with Gasteiger partial charge in [0.2, 0.25) is 5.95 Å². The molecule has 7 nitrogen and oxygen atoms in total. The Kier molecular flexibility index (Phi) is 4.50. The van der Waals surface area contributed by atoms with Gasteiger partial charge >= 0.3 is 12.0 Å². The van der Waals surface area contributed by atoms with Crippen LogP contribution < -0.4 is 5.32 Å². The Bertz CT molecular complexity index is 728. The molecule has 2 heterocycles. The Morgan fingerprint density at radius 1 is 1.25 bits per heavy atom. The molecule has 2 unspecified atom stereocenters. The molecule has 1 saturated heterocycles. The van der Waals surface area contributed by atoms with Gasteiger partial charge in [-0.1, -0.05) is 25.1 Å². The quantitative estimate of drug-likeness (QED) is 0.906. The second-order valence-electron chi connectivity index (χ2n) is 6.17. The number of carbonyl (C=O) groups excluding carboxylic acids is 1. The van der Waals surface area contributed by atoms with E-state index in [9.17, 15) is 14.7 Å². The normalized spacial score (nSPS) is 20.6. The predicted molar refractivity (Wildman–Crippen MR) is 89.1 cm³/mol. The third kappa shape index (κ3) is 3.40. The van der Waals surface area contributed by atoms with E-state index in [1.807, 2.05) is 37.3 Å². The van der Waals surface area contributed by atoms with Crippen LogP contribution in [0, 0.1) is 11.8 Å². The summed E-state index contributed by atoms with van der Waals surface area (Å²) in [6.45, 7) is 2.72. The molecule has 3 rings (SSSR count). The van der Waals surface area contributed by atoms with Crippen LogP contribution in [0.4, 0.5) is 10.7 Å². The summed E-state index contributed by atoms with van der Waals surface area (Å²) < 4.78 is 1.78. The van der Waals surface area contributed by atoms with E-state index in [-0.39, 0.29) is 18.5 Å². The average Bonchev–Trinajstić information content (AvgIpc) is 3.03. The van der Waals surface area contributed by atoms with Crippen molar-refractivity contribution in [1.29, 1.82) is 0 Å². The summed E-state index contributed by atoms with van der Waals surface area (Å²) in [6.07, 6.45) is 3.98. The molecule has 0 saturated carbocycles. The topological polar surface area (TPSA) is 87.5 Å². The summed E-state index contributed by atoms with van der Waals surface area (Å²) in [6, 6.07) is 9.24. The van der Waals surface area contributed by atoms with Crippen molar-refractivity contribution in [3.05, 3.63) is 42.7 Å². The number of carboxylic acid groups (broad SMARTS) is 1. The van der Waals surface area contributed by atoms with E-state index >= 15 is 0 Å². The number of aliphatic carboxylic acids is 1. The van der Waals surface area contributed by atoms with E-state index in [0.717, 1.165) is 5.69 Å². The number of imidazole rings is 1. The van der Waals surface area contributed by atoms with Crippen molar-refractivity contribution >= 4 is 17.9 Å². The minimum absolute atomic E-state index is 0.152. The van der Waals surface area contributed by atoms with E-state index in [2.05, 4.69) is 10.3 Å². The average molecular weight is 328 g/mol. The van der Waals surface area contributed by atoms with Crippen LogP contribution in [0.3, 0.4) is 0 Å². The van der Waals surface area contributed by atoms with E-state index in [1.165, 1.54) is 0 Å². The maximum absolute atomic E-state index is 12.5. The van der Waals surface area contributed by atoms with Crippen LogP contribution in [-0.2, 0) is 4.79 Å². The van der Waals surface area contributed by atoms with Gasteiger partial charge in [-0.05, 0) is 24.5 Å². The van der Waals surface area contributed by atoms with Crippen molar-refractivity contribution in [1.82, 2.24) is 14.5 Å². The monoisotopic (exact) mass is 328 g/mol. The van der Waals surface area contributed by atoms with Crippen LogP contribution in [0.15, 0.2) is 42.7 Å². The van der Waals surface area contributed by atoms with Gasteiger partial charge in [0.15, 0.2) is 0 Å². The molecule has 126 valence electrons. The highest BCUT2D eigenvalue weighted by molar-refractivity contribution is 5.88. The summed E-state index contributed by atoms with van der Waals surface area (Å²) in [5.41, 5.74) is 0.890. The second kappa shape index (κ2) is 6.74. The van der Waals surface area contributed by atoms with Gasteiger partial charge in [-0.25, -0.2) is 9.78 Å². The van der Waals surface area contributed by atoms with Gasteiger partial charge in [0.25, 0.3) is 0 Å². The number of urea groups is 1. The first-order valence-electron chi connectivity index (χ1n) is 7.92. The minimum atomic E-state index is -0.856. The highest BCUT2D eigenvalue weighted by Gasteiger charge is 2.32. The highest BCUT2D eigenvalue weighted by Crippen LogP contribution is 2.23. The molecule has 0 bridgehead atoms. The molecule has 2 atom stereocenters. The number of hydrogen-bond acceptors (Lipinski definition) is 3. The molecule has 0 spiro atoms. The van der Waals surface area contributed by atoms with Crippen LogP contribution >= 0.6 is 0 Å². The third-order valence-corrected chi connectivity index (χ3v) is 4.19. The zero-order valence-electron chi connectivity index (χ0n) is 13.4. The van der Waals surface area contributed by atoms with Gasteiger partial charge in [0, 0.05) is 31.2 Å². The number of rotatable bonds is 3. The second-order valence-corrected chi connectivity index (χ2v) is 6.17. The third-order valence-electron chi connectivity index (χ3n) is 4.19. The zero-order valence-corrected chi connectivity index (χ0v) is 13.4. The zero-order chi connectivity index (χ0) is 17.1. The first-order valence-corrected chi connectivity index (χ1v) is 7.92. The number of carboxylic acids is 1. The molecule has 0 radical (unpaired) electrons. The fourth-order valence-electron chi connectivity index (χ4n) is 3.06. The first-order chi connectivity index (χ1) is 11.5. The first kappa shape index (κ1) is 16.0. The predicted octanol–water partition coefficient (Wildman–Crippen LogP) is 2.45. The number of likely N-dealkylation sites (tertiary alicyclic amines) is 1. The van der Waals surface area contributed by atoms with Crippen molar-refractivity contribution < 1.29 is 14.7 Å². The van der Waals surface area contributed by atoms with Gasteiger partial charge in [-0.15, -0.1) is 0 Å². The molecule has 1 aromatic carbocycles. The van der Waals surface area contributed by atoms with Crippen molar-refractivity contribution in [2.45, 2.75) is 13.3 Å². The summed E-state index contributed by atoms with van der Waals surface area (Å²) in [4.78, 5) is 29.5. The summed E-state index contributed by atoms with van der Waals surface area (Å²) >= 11 is 0. The maximum Gasteiger partial charge on any atom is 0.324 e. The lowest BCUT2D eigenvalue weighted by Gasteiger charge is -2.34. The molecular weight excluding hydrogens is 308 g/mol. The smallest absolute Gasteiger partial charge is 0.324 e. The standard InChI is InChI=1S/C17H20N4O3/c1-12-9-13(15(22)23)11-20(10-12)17(24)19-16-18-7-8-21(16)14-5-3-2-4-6-14/h2-8,12-13H,9-11H2,1H3,(H,22,23)(H,18,19,24). The number of nitrogens with one attached hydrogen (secondary N) is 1. The Balaban J connectivity index is 1.74. The fourth-order valence-corrected chi connectivity index (χ4v) is 3.06. The molecular formula is C17H20N4O3. The van der Waals surface area contributed by atoms with Crippen LogP contribution in [-0.4, -0.2) is 44.6 Å². The van der Waals surface area contributed by atoms with Gasteiger partial charge in [-0.3, -0.25) is 14.7 Å². The van der Waals surface area contributed by atoms with Crippen LogP contribution in [0.1, 0.15) is 13.3 Å². The lowest BCUT2D eigenvalue weighted by molar-refractivity contribution is -0.143. The van der Waals surface area contributed by atoms with E-state index in [0.29, 0.717) is 18.9 Å². The Hall–Kier alpha value is -2.83. The van der Waals surface area contributed by atoms with Crippen molar-refractivity contribution in [2.24, 2.45) is 11.8 Å². The molecule has 24 heavy (non-hydrogen) atoms. The number of piperidine rings is 1. The summed E-state index contributed by atoms with van der Waals surface area (Å²) in [5.74, 6) is -0.811. The van der Waals surface area contributed by atoms with Crippen molar-refractivity contribution in [3.8, 4) is 5.69 Å². The van der Waals surface area contributed by atoms with Gasteiger partial charge in [0.1, 0.15) is 0 Å². The number of nitrogens with zero attached hydrogens (tertiary/aromatic N) is 3. The number of carbonyl (C=O) groups is 2. The van der Waals surface area contributed by atoms with E-state index < -0.39 is 11.9 Å². The Morgan fingerprint density at radius 2 is 2.00 bits per heavy atom. The van der Waals surface area contributed by atoms with E-state index in [4.69, 9.17) is 0 Å². The van der Waals surface area contributed by atoms with Crippen molar-refractivity contribution in [3.63, 3.8) is 0 Å². The van der Waals surface area contributed by atoms with E-state index in [1.54, 1.807) is 21.9 Å². The number of aromatic nitrogens is 2. The molecule has 2 N–H and O–H groups in total. The lowest BCUT2D eigenvalue weighted by atomic mass is 9.91. The largest absolute Gasteiger partial charge is 0.481 e. The molecule has 0 aliphatic carbocycles. The lowest BCUT2D eigenvalue weighted by Crippen LogP contribution is -2.47. The number of anilines is 1. The SMILES string of the molecule is CC1CC(C(=O)O)CN(C(=O)Nc2nccn2-c2ccccc2)C1. The van der Waals surface area contributed by atoms with Gasteiger partial charge < -0.3 is 10.0 Å². The molecule has 2 amide bonds. The number of hydrogen-bond donors (Lipinski definition) is 2. The summed E-state index contributed by atoms with van der Waals surface area (Å²) in [7, 11) is 0. The number of amides is 2. The Morgan fingerprint density at radius 3 is 2.71 bits per heavy atom. The molecule has 7 heteroatoms. The minimum Gasteiger partial charge on any atom is -0.481 e. The van der Waals surface area contributed by atoms with Crippen LogP contribution in [0.2, 0.25) is 0 Å². The molecule has 1 aliphatic rings. The van der Waals surface area contributed by atoms with Gasteiger partial charge in [-0.2, -0.15) is 0 Å². The highest BCUT2D eigenvalue weighted by atomic mass is 16.4. The fraction of sp³-hybridized carbons (Fsp3) is 0.353. The van der Waals surface area contributed by atoms with Crippen molar-refractivity contribution in [2.75, 3.05) is 18.4 Å². The maximum atomic E-state index is 12.5. The number of para-hydroxylation sites is 1. The Labute approximate surface area is 139 Å². The molecule has 1 aromatic heterocycles. The summed E-state index contributed by atoms with van der Waals surface area (Å²) in [5, 5.41) is 12.0. The molecule has 1 aliphatic heterocycles.